The molecule has 0 unspecified atom stereocenters. The Morgan fingerprint density at radius 3 is 1.68 bits per heavy atom. The Bertz CT molecular complexity index is 2260. The first kappa shape index (κ1) is 38.1. The Hall–Kier alpha value is -6.18. The van der Waals surface area contributed by atoms with E-state index < -0.39 is 24.3 Å². The molecule has 0 radical (unpaired) electrons. The normalized spacial score (nSPS) is 17.9. The van der Waals surface area contributed by atoms with Gasteiger partial charge in [0.05, 0.1) is 48.4 Å². The summed E-state index contributed by atoms with van der Waals surface area (Å²) in [6, 6.07) is 18.7. The summed E-state index contributed by atoms with van der Waals surface area (Å²) in [6.45, 7) is 8.71. The van der Waals surface area contributed by atoms with Gasteiger partial charge in [-0.15, -0.1) is 6.58 Å². The number of alkyl carbamates (subject to hydrolysis) is 2. The predicted molar refractivity (Wildman–Crippen MR) is 212 cm³/mol. The molecule has 4 heterocycles. The van der Waals surface area contributed by atoms with Crippen LogP contribution in [0.5, 0.6) is 0 Å². The number of benzene rings is 3. The van der Waals surface area contributed by atoms with E-state index in [1.807, 2.05) is 36.9 Å². The summed E-state index contributed by atoms with van der Waals surface area (Å²) in [4.78, 5) is 71.3. The number of aromatic amines is 2. The third-order valence-electron chi connectivity index (χ3n) is 10.8. The van der Waals surface area contributed by atoms with E-state index in [1.165, 1.54) is 14.2 Å². The third-order valence-corrected chi connectivity index (χ3v) is 10.8. The lowest BCUT2D eigenvalue weighted by atomic mass is 10.00. The Morgan fingerprint density at radius 2 is 1.21 bits per heavy atom. The van der Waals surface area contributed by atoms with Crippen molar-refractivity contribution in [1.82, 2.24) is 40.4 Å². The fourth-order valence-electron chi connectivity index (χ4n) is 7.89. The van der Waals surface area contributed by atoms with E-state index in [0.29, 0.717) is 25.3 Å². The van der Waals surface area contributed by atoms with E-state index in [0.717, 1.165) is 75.8 Å². The Balaban J connectivity index is 1.06. The average Bonchev–Trinajstić information content (AvgIpc) is 4.04. The van der Waals surface area contributed by atoms with E-state index in [9.17, 15) is 19.2 Å². The first-order valence-corrected chi connectivity index (χ1v) is 19.1. The van der Waals surface area contributed by atoms with Gasteiger partial charge in [0, 0.05) is 13.1 Å². The molecule has 7 rings (SSSR count). The van der Waals surface area contributed by atoms with Crippen LogP contribution in [0.2, 0.25) is 0 Å². The molecule has 0 spiro atoms. The number of carbonyl (C=O) groups is 4. The topological polar surface area (TPSA) is 175 Å². The van der Waals surface area contributed by atoms with Gasteiger partial charge in [0.1, 0.15) is 23.7 Å². The van der Waals surface area contributed by atoms with Gasteiger partial charge in [-0.25, -0.2) is 19.6 Å². The van der Waals surface area contributed by atoms with Gasteiger partial charge in [-0.3, -0.25) is 9.59 Å². The maximum Gasteiger partial charge on any atom is 0.407 e. The number of likely N-dealkylation sites (tertiary alicyclic amines) is 2. The van der Waals surface area contributed by atoms with Crippen molar-refractivity contribution in [1.29, 1.82) is 0 Å². The molecular weight excluding hydrogens is 713 g/mol. The second-order valence-electron chi connectivity index (χ2n) is 14.7. The second kappa shape index (κ2) is 16.3. The van der Waals surface area contributed by atoms with Gasteiger partial charge < -0.3 is 39.9 Å². The maximum absolute atomic E-state index is 13.6. The van der Waals surface area contributed by atoms with Crippen LogP contribution in [-0.4, -0.2) is 93.1 Å². The van der Waals surface area contributed by atoms with Gasteiger partial charge >= 0.3 is 12.2 Å². The number of carbonyl (C=O) groups excluding carboxylic acids is 4. The average molecular weight is 761 g/mol. The monoisotopic (exact) mass is 760 g/mol. The molecule has 4 N–H and O–H groups in total. The van der Waals surface area contributed by atoms with E-state index in [-0.39, 0.29) is 29.8 Å². The van der Waals surface area contributed by atoms with Crippen LogP contribution in [0, 0.1) is 5.92 Å². The van der Waals surface area contributed by atoms with Gasteiger partial charge in [0.2, 0.25) is 11.8 Å². The van der Waals surface area contributed by atoms with Crippen LogP contribution >= 0.6 is 0 Å². The number of rotatable bonds is 11. The van der Waals surface area contributed by atoms with Crippen molar-refractivity contribution >= 4 is 46.1 Å². The molecule has 2 aliphatic heterocycles. The Kier molecular flexibility index (Phi) is 11.1. The molecule has 14 nitrogen and oxygen atoms in total. The van der Waals surface area contributed by atoms with E-state index in [4.69, 9.17) is 19.4 Å². The summed E-state index contributed by atoms with van der Waals surface area (Å²) in [7, 11) is 2.56. The number of nitrogens with zero attached hydrogens (tertiary/aromatic N) is 4. The molecule has 0 bridgehead atoms. The van der Waals surface area contributed by atoms with Crippen LogP contribution in [-0.2, 0) is 19.1 Å². The van der Waals surface area contributed by atoms with Gasteiger partial charge in [-0.1, -0.05) is 56.3 Å². The number of ether oxygens (including phenoxy) is 2. The fraction of sp³-hybridized carbons (Fsp3) is 0.381. The number of imidazole rings is 2. The number of nitrogens with one attached hydrogen (secondary N) is 4. The molecule has 56 heavy (non-hydrogen) atoms. The number of methoxy groups -OCH3 is 2. The molecule has 5 aromatic rings. The molecule has 4 atom stereocenters. The quantitative estimate of drug-likeness (QED) is 0.107. The molecule has 2 fully saturated rings. The van der Waals surface area contributed by atoms with Crippen molar-refractivity contribution in [2.75, 3.05) is 27.3 Å². The fourth-order valence-corrected chi connectivity index (χ4v) is 7.89. The number of hydrogen-bond acceptors (Lipinski definition) is 8. The lowest BCUT2D eigenvalue weighted by molar-refractivity contribution is -0.135. The zero-order valence-corrected chi connectivity index (χ0v) is 32.1. The number of fused-ring (bicyclic) bond motifs is 2. The zero-order valence-electron chi connectivity index (χ0n) is 32.1. The molecular formula is C42H48N8O6. The molecule has 292 valence electrons. The third kappa shape index (κ3) is 7.68. The van der Waals surface area contributed by atoms with E-state index >= 15 is 0 Å². The predicted octanol–water partition coefficient (Wildman–Crippen LogP) is 6.78. The van der Waals surface area contributed by atoms with Crippen LogP contribution < -0.4 is 10.6 Å². The highest BCUT2D eigenvalue weighted by Gasteiger charge is 2.38. The Labute approximate surface area is 325 Å². The summed E-state index contributed by atoms with van der Waals surface area (Å²) in [5.74, 6) is 1.01. The van der Waals surface area contributed by atoms with Crippen molar-refractivity contribution in [3.63, 3.8) is 0 Å². The number of H-pyrrole nitrogens is 2. The molecule has 0 aliphatic carbocycles. The highest BCUT2D eigenvalue weighted by Crippen LogP contribution is 2.36. The molecule has 2 aromatic heterocycles. The number of amides is 4. The summed E-state index contributed by atoms with van der Waals surface area (Å²) in [5.41, 5.74) is 7.53. The second-order valence-corrected chi connectivity index (χ2v) is 14.7. The van der Waals surface area contributed by atoms with Gasteiger partial charge in [0.15, 0.2) is 0 Å². The van der Waals surface area contributed by atoms with Gasteiger partial charge in [-0.05, 0) is 84.5 Å². The zero-order chi connectivity index (χ0) is 39.5. The van der Waals surface area contributed by atoms with E-state index in [2.05, 4.69) is 69.6 Å². The van der Waals surface area contributed by atoms with Crippen LogP contribution in [0.3, 0.4) is 0 Å². The number of hydrogen-bond donors (Lipinski definition) is 4. The van der Waals surface area contributed by atoms with Crippen molar-refractivity contribution < 1.29 is 28.7 Å². The van der Waals surface area contributed by atoms with Crippen LogP contribution in [0.4, 0.5) is 9.59 Å². The standard InChI is InChI=1S/C42H48N8O6/c1-6-9-31(47-41(53)55-4)39(51)49-20-7-10-34(49)37-43-29-18-16-27(22-32(29)45-37)25-12-14-26(15-13-25)28-17-19-30-33(23-28)46-38(44-30)35-11-8-21-50(35)40(52)36(24(2)3)48-42(54)56-5/h6,12-19,22-24,31,34-36H,1,7-11,20-21H2,2-5H3,(H,43,45)(H,44,46)(H,47,53)(H,48,54)/t31-,34-,35-,36-/m0/s1. The van der Waals surface area contributed by atoms with Crippen molar-refractivity contribution in [3.8, 4) is 22.3 Å². The molecule has 3 aromatic carbocycles. The minimum Gasteiger partial charge on any atom is -0.453 e. The van der Waals surface area contributed by atoms with Gasteiger partial charge in [0.25, 0.3) is 0 Å². The first-order chi connectivity index (χ1) is 27.1. The highest BCUT2D eigenvalue weighted by molar-refractivity contribution is 5.88. The van der Waals surface area contributed by atoms with Crippen molar-refractivity contribution in [3.05, 3.63) is 85.0 Å². The summed E-state index contributed by atoms with van der Waals surface area (Å²) >= 11 is 0. The molecule has 14 heteroatoms. The highest BCUT2D eigenvalue weighted by atomic mass is 16.5. The SMILES string of the molecule is C=CC[C@H](NC(=O)OC)C(=O)N1CCC[C@H]1c1nc2ccc(-c3ccc(-c4ccc5nc([C@@H]6CCCN6C(=O)[C@@H](NC(=O)OC)C(C)C)[nH]c5c4)cc3)cc2[nH]1. The van der Waals surface area contributed by atoms with E-state index in [1.54, 1.807) is 11.0 Å². The van der Waals surface area contributed by atoms with Crippen LogP contribution in [0.25, 0.3) is 44.3 Å². The molecule has 2 aliphatic rings. The summed E-state index contributed by atoms with van der Waals surface area (Å²) in [6.07, 6.45) is 3.83. The summed E-state index contributed by atoms with van der Waals surface area (Å²) < 4.78 is 9.50. The Morgan fingerprint density at radius 1 is 0.750 bits per heavy atom. The van der Waals surface area contributed by atoms with Crippen LogP contribution in [0.15, 0.2) is 73.3 Å². The minimum atomic E-state index is -0.764. The maximum atomic E-state index is 13.6. The lowest BCUT2D eigenvalue weighted by Crippen LogP contribution is -2.51. The minimum absolute atomic E-state index is 0.110. The van der Waals surface area contributed by atoms with Gasteiger partial charge in [-0.2, -0.15) is 0 Å². The molecule has 2 saturated heterocycles. The van der Waals surface area contributed by atoms with Crippen molar-refractivity contribution in [2.24, 2.45) is 5.92 Å². The van der Waals surface area contributed by atoms with Crippen molar-refractivity contribution in [2.45, 2.75) is 70.1 Å². The van der Waals surface area contributed by atoms with Crippen LogP contribution in [0.1, 0.15) is 69.7 Å². The summed E-state index contributed by atoms with van der Waals surface area (Å²) in [5, 5.41) is 5.34. The smallest absolute Gasteiger partial charge is 0.407 e. The number of aromatic nitrogens is 4. The lowest BCUT2D eigenvalue weighted by Gasteiger charge is -2.29. The first-order valence-electron chi connectivity index (χ1n) is 19.1. The molecule has 4 amide bonds. The molecule has 0 saturated carbocycles. The largest absolute Gasteiger partial charge is 0.453 e.